The molecule has 3 rings (SSSR count). The number of aromatic nitrogens is 2. The smallest absolute Gasteiger partial charge is 0.259 e. The zero-order valence-corrected chi connectivity index (χ0v) is 13.6. The van der Waals surface area contributed by atoms with E-state index in [4.69, 9.17) is 4.74 Å². The predicted molar refractivity (Wildman–Crippen MR) is 94.0 cm³/mol. The highest BCUT2D eigenvalue weighted by molar-refractivity contribution is 6.06. The number of para-hydroxylation sites is 1. The van der Waals surface area contributed by atoms with Crippen molar-refractivity contribution in [2.45, 2.75) is 13.3 Å². The number of phenolic OH excluding ortho intramolecular Hbond substituents is 1. The third-order valence-electron chi connectivity index (χ3n) is 3.60. The van der Waals surface area contributed by atoms with Gasteiger partial charge in [0.25, 0.3) is 5.91 Å². The first-order chi connectivity index (χ1) is 12.2. The summed E-state index contributed by atoms with van der Waals surface area (Å²) in [6.07, 6.45) is 5.23. The van der Waals surface area contributed by atoms with Crippen molar-refractivity contribution in [2.75, 3.05) is 5.32 Å². The first-order valence-electron chi connectivity index (χ1n) is 7.83. The highest BCUT2D eigenvalue weighted by Crippen LogP contribution is 2.26. The molecule has 1 amide bonds. The van der Waals surface area contributed by atoms with Gasteiger partial charge in [0, 0.05) is 24.1 Å². The number of rotatable bonds is 5. The molecule has 126 valence electrons. The Morgan fingerprint density at radius 1 is 1.20 bits per heavy atom. The molecule has 0 aliphatic heterocycles. The van der Waals surface area contributed by atoms with Crippen LogP contribution in [0.25, 0.3) is 0 Å². The van der Waals surface area contributed by atoms with E-state index in [0.717, 1.165) is 5.56 Å². The molecule has 0 aliphatic rings. The zero-order chi connectivity index (χ0) is 17.6. The van der Waals surface area contributed by atoms with E-state index in [1.165, 1.54) is 12.4 Å². The first-order valence-corrected chi connectivity index (χ1v) is 7.83. The summed E-state index contributed by atoms with van der Waals surface area (Å²) in [6, 6.07) is 12.0. The van der Waals surface area contributed by atoms with Crippen LogP contribution >= 0.6 is 0 Å². The summed E-state index contributed by atoms with van der Waals surface area (Å²) in [5, 5.41) is 12.9. The van der Waals surface area contributed by atoms with Gasteiger partial charge in [0.15, 0.2) is 0 Å². The highest BCUT2D eigenvalue weighted by Gasteiger charge is 2.14. The maximum Gasteiger partial charge on any atom is 0.259 e. The molecule has 0 saturated carbocycles. The lowest BCUT2D eigenvalue weighted by atomic mass is 10.1. The van der Waals surface area contributed by atoms with Crippen molar-refractivity contribution in [2.24, 2.45) is 0 Å². The fourth-order valence-corrected chi connectivity index (χ4v) is 2.35. The Bertz CT molecular complexity index is 882. The number of anilines is 1. The molecule has 0 aliphatic carbocycles. The van der Waals surface area contributed by atoms with Crippen molar-refractivity contribution in [3.8, 4) is 17.4 Å². The van der Waals surface area contributed by atoms with Gasteiger partial charge in [-0.2, -0.15) is 0 Å². The molecule has 2 aromatic carbocycles. The van der Waals surface area contributed by atoms with Crippen molar-refractivity contribution in [1.29, 1.82) is 0 Å². The van der Waals surface area contributed by atoms with E-state index in [1.807, 2.05) is 6.92 Å². The molecule has 0 saturated heterocycles. The summed E-state index contributed by atoms with van der Waals surface area (Å²) in [7, 11) is 0. The predicted octanol–water partition coefficient (Wildman–Crippen LogP) is 3.79. The van der Waals surface area contributed by atoms with Gasteiger partial charge in [0.05, 0.1) is 11.8 Å². The second-order valence-electron chi connectivity index (χ2n) is 5.29. The minimum Gasteiger partial charge on any atom is -0.507 e. The molecular formula is C19H17N3O3. The Morgan fingerprint density at radius 2 is 2.04 bits per heavy atom. The maximum atomic E-state index is 12.4. The number of phenols is 1. The van der Waals surface area contributed by atoms with E-state index in [2.05, 4.69) is 15.3 Å². The maximum absolute atomic E-state index is 12.4. The van der Waals surface area contributed by atoms with Crippen LogP contribution in [0.2, 0.25) is 0 Å². The Hall–Kier alpha value is -3.41. The normalized spacial score (nSPS) is 10.3. The molecule has 0 atom stereocenters. The van der Waals surface area contributed by atoms with E-state index in [1.54, 1.807) is 48.7 Å². The van der Waals surface area contributed by atoms with Crippen molar-refractivity contribution in [3.05, 3.63) is 72.2 Å². The third kappa shape index (κ3) is 3.92. The Balaban J connectivity index is 1.77. The molecule has 6 nitrogen and oxygen atoms in total. The SMILES string of the molecule is CCc1cccc(C(=O)Nc2cccc(Oc3cnccn3)c2)c1O. The number of ether oxygens (including phenoxy) is 1. The number of hydrogen-bond acceptors (Lipinski definition) is 5. The Labute approximate surface area is 145 Å². The van der Waals surface area contributed by atoms with Gasteiger partial charge in [-0.3, -0.25) is 9.78 Å². The van der Waals surface area contributed by atoms with Gasteiger partial charge in [0.1, 0.15) is 11.5 Å². The van der Waals surface area contributed by atoms with Gasteiger partial charge in [-0.25, -0.2) is 4.98 Å². The largest absolute Gasteiger partial charge is 0.507 e. The number of nitrogens with zero attached hydrogens (tertiary/aromatic N) is 2. The number of aryl methyl sites for hydroxylation is 1. The van der Waals surface area contributed by atoms with Crippen molar-refractivity contribution >= 4 is 11.6 Å². The zero-order valence-electron chi connectivity index (χ0n) is 13.6. The lowest BCUT2D eigenvalue weighted by Crippen LogP contribution is -2.12. The summed E-state index contributed by atoms with van der Waals surface area (Å²) in [4.78, 5) is 20.4. The number of carbonyl (C=O) groups is 1. The number of benzene rings is 2. The van der Waals surface area contributed by atoms with Gasteiger partial charge < -0.3 is 15.2 Å². The lowest BCUT2D eigenvalue weighted by molar-refractivity contribution is 0.102. The minimum atomic E-state index is -0.385. The number of amides is 1. The van der Waals surface area contributed by atoms with Crippen LogP contribution in [0.15, 0.2) is 61.1 Å². The van der Waals surface area contributed by atoms with Crippen LogP contribution < -0.4 is 10.1 Å². The Morgan fingerprint density at radius 3 is 2.80 bits per heavy atom. The van der Waals surface area contributed by atoms with Gasteiger partial charge >= 0.3 is 0 Å². The fourth-order valence-electron chi connectivity index (χ4n) is 2.35. The number of hydrogen-bond donors (Lipinski definition) is 2. The van der Waals surface area contributed by atoms with E-state index < -0.39 is 0 Å². The van der Waals surface area contributed by atoms with E-state index in [-0.39, 0.29) is 17.2 Å². The van der Waals surface area contributed by atoms with E-state index in [0.29, 0.717) is 23.7 Å². The average Bonchev–Trinajstić information content (AvgIpc) is 2.63. The van der Waals surface area contributed by atoms with Crippen LogP contribution in [0.3, 0.4) is 0 Å². The fraction of sp³-hybridized carbons (Fsp3) is 0.105. The molecule has 0 radical (unpaired) electrons. The van der Waals surface area contributed by atoms with Crippen LogP contribution in [0.1, 0.15) is 22.8 Å². The van der Waals surface area contributed by atoms with Crippen LogP contribution in [0.4, 0.5) is 5.69 Å². The van der Waals surface area contributed by atoms with Gasteiger partial charge in [-0.05, 0) is 30.2 Å². The molecule has 3 aromatic rings. The molecule has 25 heavy (non-hydrogen) atoms. The third-order valence-corrected chi connectivity index (χ3v) is 3.60. The van der Waals surface area contributed by atoms with Crippen molar-refractivity contribution < 1.29 is 14.6 Å². The number of aromatic hydroxyl groups is 1. The monoisotopic (exact) mass is 335 g/mol. The molecule has 6 heteroatoms. The first kappa shape index (κ1) is 16.4. The lowest BCUT2D eigenvalue weighted by Gasteiger charge is -2.10. The summed E-state index contributed by atoms with van der Waals surface area (Å²) < 4.78 is 5.59. The topological polar surface area (TPSA) is 84.3 Å². The molecule has 0 spiro atoms. The average molecular weight is 335 g/mol. The summed E-state index contributed by atoms with van der Waals surface area (Å²) in [5.41, 5.74) is 1.51. The van der Waals surface area contributed by atoms with Crippen LogP contribution in [0, 0.1) is 0 Å². The summed E-state index contributed by atoms with van der Waals surface area (Å²) >= 11 is 0. The summed E-state index contributed by atoms with van der Waals surface area (Å²) in [5.74, 6) is 0.503. The molecule has 0 fully saturated rings. The standard InChI is InChI=1S/C19H17N3O3/c1-2-13-5-3-8-16(18(13)23)19(24)22-14-6-4-7-15(11-14)25-17-12-20-9-10-21-17/h3-12,23H,2H2,1H3,(H,22,24). The van der Waals surface area contributed by atoms with E-state index >= 15 is 0 Å². The van der Waals surface area contributed by atoms with Crippen LogP contribution in [0.5, 0.6) is 17.4 Å². The quantitative estimate of drug-likeness (QED) is 0.741. The second-order valence-corrected chi connectivity index (χ2v) is 5.29. The van der Waals surface area contributed by atoms with Gasteiger partial charge in [-0.1, -0.05) is 25.1 Å². The molecule has 2 N–H and O–H groups in total. The molecule has 0 unspecified atom stereocenters. The molecule has 0 bridgehead atoms. The number of carbonyl (C=O) groups excluding carboxylic acids is 1. The minimum absolute atomic E-state index is 0.00876. The molecule has 1 heterocycles. The van der Waals surface area contributed by atoms with Gasteiger partial charge in [0.2, 0.25) is 5.88 Å². The summed E-state index contributed by atoms with van der Waals surface area (Å²) in [6.45, 7) is 1.92. The highest BCUT2D eigenvalue weighted by atomic mass is 16.5. The second kappa shape index (κ2) is 7.44. The van der Waals surface area contributed by atoms with Crippen molar-refractivity contribution in [3.63, 3.8) is 0 Å². The number of nitrogens with one attached hydrogen (secondary N) is 1. The Kier molecular flexibility index (Phi) is 4.89. The van der Waals surface area contributed by atoms with Crippen LogP contribution in [-0.4, -0.2) is 21.0 Å². The molecule has 1 aromatic heterocycles. The van der Waals surface area contributed by atoms with Gasteiger partial charge in [-0.15, -0.1) is 0 Å². The van der Waals surface area contributed by atoms with Crippen molar-refractivity contribution in [1.82, 2.24) is 9.97 Å². The van der Waals surface area contributed by atoms with E-state index in [9.17, 15) is 9.90 Å². The van der Waals surface area contributed by atoms with Crippen LogP contribution in [-0.2, 0) is 6.42 Å². The molecular weight excluding hydrogens is 318 g/mol.